The third-order valence-corrected chi connectivity index (χ3v) is 6.89. The second-order valence-corrected chi connectivity index (χ2v) is 8.78. The number of fused-ring (bicyclic) bond motifs is 1. The van der Waals surface area contributed by atoms with E-state index in [1.807, 2.05) is 13.0 Å². The lowest BCUT2D eigenvalue weighted by Crippen LogP contribution is -2.30. The average Bonchev–Trinajstić information content (AvgIpc) is 2.95. The van der Waals surface area contributed by atoms with E-state index in [2.05, 4.69) is 4.72 Å². The van der Waals surface area contributed by atoms with Gasteiger partial charge in [-0.15, -0.1) is 0 Å². The van der Waals surface area contributed by atoms with E-state index in [-0.39, 0.29) is 29.8 Å². The molecule has 2 aromatic carbocycles. The van der Waals surface area contributed by atoms with Crippen molar-refractivity contribution in [1.29, 1.82) is 0 Å². The maximum Gasteiger partial charge on any atom is 0.240 e. The van der Waals surface area contributed by atoms with Crippen LogP contribution in [0.4, 0.5) is 0 Å². The summed E-state index contributed by atoms with van der Waals surface area (Å²) in [5.74, 6) is -0.156. The van der Waals surface area contributed by atoms with Crippen molar-refractivity contribution in [2.24, 2.45) is 0 Å². The van der Waals surface area contributed by atoms with E-state index < -0.39 is 10.0 Å². The van der Waals surface area contributed by atoms with Gasteiger partial charge in [0.05, 0.1) is 17.4 Å². The van der Waals surface area contributed by atoms with Crippen molar-refractivity contribution in [3.05, 3.63) is 63.1 Å². The maximum atomic E-state index is 12.9. The monoisotopic (exact) mass is 412 g/mol. The number of sulfonamides is 1. The van der Waals surface area contributed by atoms with Crippen molar-refractivity contribution in [2.45, 2.75) is 30.8 Å². The predicted octanol–water partition coefficient (Wildman–Crippen LogP) is 3.55. The van der Waals surface area contributed by atoms with E-state index in [1.54, 1.807) is 35.2 Å². The van der Waals surface area contributed by atoms with Gasteiger partial charge in [-0.2, -0.15) is 0 Å². The van der Waals surface area contributed by atoms with Crippen LogP contribution in [-0.4, -0.2) is 26.3 Å². The molecule has 0 spiro atoms. The van der Waals surface area contributed by atoms with Crippen molar-refractivity contribution in [3.8, 4) is 0 Å². The Kier molecular flexibility index (Phi) is 5.30. The molecule has 1 aliphatic heterocycles. The van der Waals surface area contributed by atoms with Crippen molar-refractivity contribution < 1.29 is 13.2 Å². The van der Waals surface area contributed by atoms with E-state index >= 15 is 0 Å². The fourth-order valence-corrected chi connectivity index (χ4v) is 4.75. The highest BCUT2D eigenvalue weighted by molar-refractivity contribution is 7.89. The molecule has 3 rings (SSSR count). The van der Waals surface area contributed by atoms with Crippen LogP contribution in [0, 0.1) is 0 Å². The van der Waals surface area contributed by atoms with Crippen LogP contribution in [0.15, 0.2) is 41.3 Å². The highest BCUT2D eigenvalue weighted by atomic mass is 35.5. The summed E-state index contributed by atoms with van der Waals surface area (Å²) in [6.07, 6.45) is 0.0605. The summed E-state index contributed by atoms with van der Waals surface area (Å²) in [5.41, 5.74) is 2.06. The van der Waals surface area contributed by atoms with Gasteiger partial charge in [-0.05, 0) is 48.9 Å². The minimum Gasteiger partial charge on any atom is -0.331 e. The van der Waals surface area contributed by atoms with Crippen LogP contribution >= 0.6 is 23.2 Å². The Labute approximate surface area is 163 Å². The number of benzene rings is 2. The Balaban J connectivity index is 1.92. The summed E-state index contributed by atoms with van der Waals surface area (Å²) < 4.78 is 26.9. The van der Waals surface area contributed by atoms with Gasteiger partial charge in [0.2, 0.25) is 15.9 Å². The molecular weight excluding hydrogens is 395 g/mol. The van der Waals surface area contributed by atoms with Gasteiger partial charge in [-0.1, -0.05) is 41.4 Å². The van der Waals surface area contributed by atoms with Crippen LogP contribution in [0.5, 0.6) is 0 Å². The van der Waals surface area contributed by atoms with E-state index in [0.29, 0.717) is 21.2 Å². The standard InChI is InChI=1S/C18H18Cl2N2O3S/c1-11-12-5-3-8-17(26(24,25)21-2)14(12)10-22(11)18(23)9-13-15(19)6-4-7-16(13)20/h3-8,11,21H,9-10H2,1-2H3/t11-/m0/s1. The van der Waals surface area contributed by atoms with E-state index in [9.17, 15) is 13.2 Å². The molecule has 26 heavy (non-hydrogen) atoms. The fraction of sp³-hybridized carbons (Fsp3) is 0.278. The van der Waals surface area contributed by atoms with Gasteiger partial charge in [-0.3, -0.25) is 4.79 Å². The SMILES string of the molecule is CNS(=O)(=O)c1cccc2c1CN(C(=O)Cc1c(Cl)cccc1Cl)[C@H]2C. The summed E-state index contributed by atoms with van der Waals surface area (Å²) in [6, 6.07) is 9.97. The van der Waals surface area contributed by atoms with Crippen molar-refractivity contribution in [2.75, 3.05) is 7.05 Å². The van der Waals surface area contributed by atoms with Crippen molar-refractivity contribution in [1.82, 2.24) is 9.62 Å². The highest BCUT2D eigenvalue weighted by Gasteiger charge is 2.34. The molecule has 138 valence electrons. The molecule has 1 amide bonds. The number of nitrogens with one attached hydrogen (secondary N) is 1. The van der Waals surface area contributed by atoms with Crippen LogP contribution < -0.4 is 4.72 Å². The van der Waals surface area contributed by atoms with Crippen LogP contribution in [-0.2, 0) is 27.8 Å². The summed E-state index contributed by atoms with van der Waals surface area (Å²) in [4.78, 5) is 14.7. The summed E-state index contributed by atoms with van der Waals surface area (Å²) >= 11 is 12.3. The highest BCUT2D eigenvalue weighted by Crippen LogP contribution is 2.37. The third kappa shape index (κ3) is 3.34. The summed E-state index contributed by atoms with van der Waals surface area (Å²) in [6.45, 7) is 2.11. The van der Waals surface area contributed by atoms with Crippen LogP contribution in [0.25, 0.3) is 0 Å². The first kappa shape index (κ1) is 19.2. The number of hydrogen-bond donors (Lipinski definition) is 1. The molecule has 0 radical (unpaired) electrons. The quantitative estimate of drug-likeness (QED) is 0.834. The first-order chi connectivity index (χ1) is 12.3. The molecule has 1 N–H and O–H groups in total. The van der Waals surface area contributed by atoms with E-state index in [4.69, 9.17) is 23.2 Å². The smallest absolute Gasteiger partial charge is 0.240 e. The molecule has 0 saturated carbocycles. The summed E-state index contributed by atoms with van der Waals surface area (Å²) in [5, 5.41) is 0.877. The van der Waals surface area contributed by atoms with Crippen molar-refractivity contribution >= 4 is 39.1 Å². The van der Waals surface area contributed by atoms with Gasteiger partial charge in [0, 0.05) is 16.6 Å². The molecule has 1 atom stereocenters. The number of amides is 1. The lowest BCUT2D eigenvalue weighted by Gasteiger charge is -2.22. The minimum atomic E-state index is -3.60. The number of hydrogen-bond acceptors (Lipinski definition) is 3. The molecule has 0 aliphatic carbocycles. The molecule has 8 heteroatoms. The van der Waals surface area contributed by atoms with Crippen molar-refractivity contribution in [3.63, 3.8) is 0 Å². The largest absolute Gasteiger partial charge is 0.331 e. The minimum absolute atomic E-state index is 0.0605. The van der Waals surface area contributed by atoms with Gasteiger partial charge < -0.3 is 4.90 Å². The second kappa shape index (κ2) is 7.19. The average molecular weight is 413 g/mol. The Morgan fingerprint density at radius 2 is 1.81 bits per heavy atom. The Hall–Kier alpha value is -1.60. The van der Waals surface area contributed by atoms with Gasteiger partial charge in [0.1, 0.15) is 0 Å². The topological polar surface area (TPSA) is 66.5 Å². The summed E-state index contributed by atoms with van der Waals surface area (Å²) in [7, 11) is -2.23. The predicted molar refractivity (Wildman–Crippen MR) is 102 cm³/mol. The molecule has 0 saturated heterocycles. The van der Waals surface area contributed by atoms with Crippen LogP contribution in [0.3, 0.4) is 0 Å². The second-order valence-electron chi connectivity index (χ2n) is 6.11. The van der Waals surface area contributed by atoms with Crippen LogP contribution in [0.1, 0.15) is 29.7 Å². The maximum absolute atomic E-state index is 12.9. The van der Waals surface area contributed by atoms with Gasteiger partial charge in [-0.25, -0.2) is 13.1 Å². The Bertz CT molecular complexity index is 956. The van der Waals surface area contributed by atoms with Crippen LogP contribution in [0.2, 0.25) is 10.0 Å². The third-order valence-electron chi connectivity index (χ3n) is 4.68. The fourth-order valence-electron chi connectivity index (χ4n) is 3.24. The zero-order chi connectivity index (χ0) is 19.1. The van der Waals surface area contributed by atoms with Gasteiger partial charge in [0.25, 0.3) is 0 Å². The lowest BCUT2D eigenvalue weighted by atomic mass is 10.1. The molecule has 1 aliphatic rings. The molecule has 0 fully saturated rings. The van der Waals surface area contributed by atoms with Gasteiger partial charge in [0.15, 0.2) is 0 Å². The molecule has 0 unspecified atom stereocenters. The zero-order valence-electron chi connectivity index (χ0n) is 14.3. The van der Waals surface area contributed by atoms with E-state index in [1.165, 1.54) is 7.05 Å². The Morgan fingerprint density at radius 1 is 1.19 bits per heavy atom. The first-order valence-electron chi connectivity index (χ1n) is 8.04. The Morgan fingerprint density at radius 3 is 2.42 bits per heavy atom. The number of carbonyl (C=O) groups is 1. The van der Waals surface area contributed by atoms with E-state index in [0.717, 1.165) is 5.56 Å². The molecule has 5 nitrogen and oxygen atoms in total. The lowest BCUT2D eigenvalue weighted by molar-refractivity contribution is -0.132. The zero-order valence-corrected chi connectivity index (χ0v) is 16.6. The normalized spacial score (nSPS) is 16.6. The molecule has 1 heterocycles. The molecule has 2 aromatic rings. The van der Waals surface area contributed by atoms with Gasteiger partial charge >= 0.3 is 0 Å². The molecule has 0 bridgehead atoms. The number of rotatable bonds is 4. The molecule has 0 aromatic heterocycles. The number of carbonyl (C=O) groups excluding carboxylic acids is 1. The first-order valence-corrected chi connectivity index (χ1v) is 10.3. The molecular formula is C18H18Cl2N2O3S. The number of nitrogens with zero attached hydrogens (tertiary/aromatic N) is 1. The number of halogens is 2.